The summed E-state index contributed by atoms with van der Waals surface area (Å²) in [6.07, 6.45) is 5.20. The van der Waals surface area contributed by atoms with Gasteiger partial charge in [0.15, 0.2) is 0 Å². The fourth-order valence-corrected chi connectivity index (χ4v) is 3.16. The Morgan fingerprint density at radius 2 is 2.00 bits per heavy atom. The van der Waals surface area contributed by atoms with Gasteiger partial charge in [-0.15, -0.1) is 0 Å². The zero-order valence-electron chi connectivity index (χ0n) is 12.9. The number of rotatable bonds is 4. The van der Waals surface area contributed by atoms with E-state index in [9.17, 15) is 4.79 Å². The molecule has 2 N–H and O–H groups in total. The van der Waals surface area contributed by atoms with E-state index >= 15 is 0 Å². The molecule has 0 bridgehead atoms. The van der Waals surface area contributed by atoms with Gasteiger partial charge in [-0.2, -0.15) is 0 Å². The SMILES string of the molecule is CC(C)(OC(=O)/C=C/c1cc(Cl)ccc1Cl)C1CC[NH2+]CC1. The van der Waals surface area contributed by atoms with E-state index in [1.807, 2.05) is 13.8 Å². The fourth-order valence-electron chi connectivity index (χ4n) is 2.80. The van der Waals surface area contributed by atoms with E-state index in [0.29, 0.717) is 21.5 Å². The van der Waals surface area contributed by atoms with Crippen molar-refractivity contribution in [2.75, 3.05) is 13.1 Å². The van der Waals surface area contributed by atoms with E-state index in [0.717, 1.165) is 25.9 Å². The standard InChI is InChI=1S/C17H21Cl2NO2/c1-17(2,13-7-9-20-10-8-13)22-16(21)6-3-12-11-14(18)4-5-15(12)19/h3-6,11,13,20H,7-10H2,1-2H3/p+1/b6-3+. The van der Waals surface area contributed by atoms with Crippen molar-refractivity contribution in [3.63, 3.8) is 0 Å². The minimum atomic E-state index is -0.451. The van der Waals surface area contributed by atoms with Crippen LogP contribution in [0.3, 0.4) is 0 Å². The van der Waals surface area contributed by atoms with Crippen LogP contribution in [0, 0.1) is 5.92 Å². The molecule has 0 unspecified atom stereocenters. The summed E-state index contributed by atoms with van der Waals surface area (Å²) in [5.74, 6) is 0.0557. The Labute approximate surface area is 141 Å². The number of nitrogens with two attached hydrogens (primary N) is 1. The van der Waals surface area contributed by atoms with Crippen molar-refractivity contribution in [3.8, 4) is 0 Å². The monoisotopic (exact) mass is 342 g/mol. The van der Waals surface area contributed by atoms with Crippen LogP contribution in [0.2, 0.25) is 10.0 Å². The largest absolute Gasteiger partial charge is 0.456 e. The molecule has 1 aromatic rings. The first-order valence-corrected chi connectivity index (χ1v) is 8.32. The van der Waals surface area contributed by atoms with Gasteiger partial charge < -0.3 is 10.1 Å². The van der Waals surface area contributed by atoms with Crippen LogP contribution in [-0.4, -0.2) is 24.7 Å². The van der Waals surface area contributed by atoms with Gasteiger partial charge in [-0.05, 0) is 43.7 Å². The Kier molecular flexibility index (Phi) is 5.90. The van der Waals surface area contributed by atoms with E-state index in [2.05, 4.69) is 5.32 Å². The second-order valence-corrected chi connectivity index (χ2v) is 7.01. The highest BCUT2D eigenvalue weighted by atomic mass is 35.5. The van der Waals surface area contributed by atoms with Crippen LogP contribution in [0.15, 0.2) is 24.3 Å². The Hall–Kier alpha value is -1.03. The number of halogens is 2. The van der Waals surface area contributed by atoms with Crippen LogP contribution in [0.4, 0.5) is 0 Å². The molecular formula is C17H22Cl2NO2+. The summed E-state index contributed by atoms with van der Waals surface area (Å²) in [4.78, 5) is 12.1. The van der Waals surface area contributed by atoms with Gasteiger partial charge >= 0.3 is 5.97 Å². The van der Waals surface area contributed by atoms with Crippen LogP contribution in [0.1, 0.15) is 32.3 Å². The van der Waals surface area contributed by atoms with Crippen molar-refractivity contribution in [1.29, 1.82) is 0 Å². The van der Waals surface area contributed by atoms with Gasteiger partial charge in [-0.25, -0.2) is 4.79 Å². The van der Waals surface area contributed by atoms with Gasteiger partial charge in [0.05, 0.1) is 13.1 Å². The van der Waals surface area contributed by atoms with E-state index in [-0.39, 0.29) is 5.97 Å². The minimum absolute atomic E-state index is 0.351. The fraction of sp³-hybridized carbons (Fsp3) is 0.471. The number of piperidine rings is 1. The summed E-state index contributed by atoms with van der Waals surface area (Å²) >= 11 is 12.0. The van der Waals surface area contributed by atoms with Gasteiger partial charge in [-0.1, -0.05) is 23.2 Å². The lowest BCUT2D eigenvalue weighted by Gasteiger charge is -2.35. The Morgan fingerprint density at radius 3 is 2.68 bits per heavy atom. The molecule has 3 nitrogen and oxygen atoms in total. The van der Waals surface area contributed by atoms with Gasteiger partial charge in [0.1, 0.15) is 5.60 Å². The molecule has 0 saturated carbocycles. The third kappa shape index (κ3) is 4.73. The molecule has 0 atom stereocenters. The number of hydrogen-bond donors (Lipinski definition) is 1. The van der Waals surface area contributed by atoms with Crippen molar-refractivity contribution in [1.82, 2.24) is 0 Å². The number of esters is 1. The molecule has 1 aliphatic rings. The maximum absolute atomic E-state index is 12.1. The third-order valence-corrected chi connectivity index (χ3v) is 4.72. The molecule has 120 valence electrons. The van der Waals surface area contributed by atoms with Gasteiger partial charge in [-0.3, -0.25) is 0 Å². The highest BCUT2D eigenvalue weighted by Crippen LogP contribution is 2.28. The quantitative estimate of drug-likeness (QED) is 0.673. The van der Waals surface area contributed by atoms with Gasteiger partial charge in [0, 0.05) is 34.9 Å². The van der Waals surface area contributed by atoms with E-state index < -0.39 is 5.60 Å². The average molecular weight is 343 g/mol. The molecule has 1 saturated heterocycles. The van der Waals surface area contributed by atoms with Crippen LogP contribution in [-0.2, 0) is 9.53 Å². The van der Waals surface area contributed by atoms with Crippen LogP contribution in [0.25, 0.3) is 6.08 Å². The number of carbonyl (C=O) groups is 1. The smallest absolute Gasteiger partial charge is 0.331 e. The van der Waals surface area contributed by atoms with Crippen molar-refractivity contribution >= 4 is 35.2 Å². The Bertz CT molecular complexity index is 564. The molecule has 0 amide bonds. The predicted octanol–water partition coefficient (Wildman–Crippen LogP) is 3.30. The lowest BCUT2D eigenvalue weighted by atomic mass is 9.83. The molecule has 5 heteroatoms. The molecule has 0 aromatic heterocycles. The summed E-state index contributed by atoms with van der Waals surface area (Å²) in [7, 11) is 0. The molecule has 1 aliphatic heterocycles. The number of hydrogen-bond acceptors (Lipinski definition) is 2. The van der Waals surface area contributed by atoms with E-state index in [1.54, 1.807) is 24.3 Å². The average Bonchev–Trinajstić information content (AvgIpc) is 2.49. The first kappa shape index (κ1) is 17.3. The first-order valence-electron chi connectivity index (χ1n) is 7.56. The number of benzene rings is 1. The number of ether oxygens (including phenoxy) is 1. The van der Waals surface area contributed by atoms with Gasteiger partial charge in [0.25, 0.3) is 0 Å². The maximum Gasteiger partial charge on any atom is 0.331 e. The molecule has 0 radical (unpaired) electrons. The molecule has 22 heavy (non-hydrogen) atoms. The molecule has 0 spiro atoms. The second-order valence-electron chi connectivity index (χ2n) is 6.16. The number of carbonyl (C=O) groups excluding carboxylic acids is 1. The summed E-state index contributed by atoms with van der Waals surface area (Å²) in [6.45, 7) is 6.17. The number of quaternary nitrogens is 1. The van der Waals surface area contributed by atoms with Crippen molar-refractivity contribution in [2.24, 2.45) is 5.92 Å². The lowest BCUT2D eigenvalue weighted by Crippen LogP contribution is -2.86. The zero-order valence-corrected chi connectivity index (χ0v) is 14.5. The van der Waals surface area contributed by atoms with Crippen LogP contribution >= 0.6 is 23.2 Å². The molecule has 1 heterocycles. The van der Waals surface area contributed by atoms with E-state index in [1.165, 1.54) is 6.08 Å². The minimum Gasteiger partial charge on any atom is -0.456 e. The van der Waals surface area contributed by atoms with Crippen molar-refractivity contribution in [2.45, 2.75) is 32.3 Å². The highest BCUT2D eigenvalue weighted by molar-refractivity contribution is 6.34. The first-order chi connectivity index (χ1) is 10.4. The Morgan fingerprint density at radius 1 is 1.32 bits per heavy atom. The maximum atomic E-state index is 12.1. The highest BCUT2D eigenvalue weighted by Gasteiger charge is 2.34. The third-order valence-electron chi connectivity index (χ3n) is 4.14. The van der Waals surface area contributed by atoms with Crippen LogP contribution in [0.5, 0.6) is 0 Å². The van der Waals surface area contributed by atoms with Gasteiger partial charge in [0.2, 0.25) is 0 Å². The summed E-state index contributed by atoms with van der Waals surface area (Å²) in [5.41, 5.74) is 0.254. The van der Waals surface area contributed by atoms with Crippen LogP contribution < -0.4 is 5.32 Å². The van der Waals surface area contributed by atoms with Crippen molar-refractivity contribution in [3.05, 3.63) is 39.9 Å². The molecule has 2 rings (SSSR count). The molecule has 1 fully saturated rings. The second kappa shape index (κ2) is 7.49. The Balaban J connectivity index is 1.99. The molecule has 1 aromatic carbocycles. The normalized spacial score (nSPS) is 16.9. The zero-order chi connectivity index (χ0) is 16.2. The predicted molar refractivity (Wildman–Crippen MR) is 90.1 cm³/mol. The topological polar surface area (TPSA) is 42.9 Å². The summed E-state index contributed by atoms with van der Waals surface area (Å²) < 4.78 is 5.65. The lowest BCUT2D eigenvalue weighted by molar-refractivity contribution is -0.665. The summed E-state index contributed by atoms with van der Waals surface area (Å²) in [5, 5.41) is 3.43. The van der Waals surface area contributed by atoms with E-state index in [4.69, 9.17) is 27.9 Å². The molecule has 0 aliphatic carbocycles. The van der Waals surface area contributed by atoms with Crippen molar-refractivity contribution < 1.29 is 14.8 Å². The molecular weight excluding hydrogens is 321 g/mol. The summed E-state index contributed by atoms with van der Waals surface area (Å²) in [6, 6.07) is 5.13.